The van der Waals surface area contributed by atoms with E-state index in [1.54, 1.807) is 18.5 Å². The van der Waals surface area contributed by atoms with E-state index in [0.29, 0.717) is 18.7 Å². The summed E-state index contributed by atoms with van der Waals surface area (Å²) in [4.78, 5) is 16.1. The number of anilines is 1. The van der Waals surface area contributed by atoms with Crippen LogP contribution in [0.1, 0.15) is 36.5 Å². The summed E-state index contributed by atoms with van der Waals surface area (Å²) in [6.07, 6.45) is 6.78. The van der Waals surface area contributed by atoms with Gasteiger partial charge in [0, 0.05) is 32.5 Å². The van der Waals surface area contributed by atoms with Gasteiger partial charge in [0.25, 0.3) is 5.91 Å². The highest BCUT2D eigenvalue weighted by atomic mass is 16.5. The molecule has 0 atom stereocenters. The van der Waals surface area contributed by atoms with Crippen molar-refractivity contribution < 1.29 is 9.53 Å². The molecule has 5 nitrogen and oxygen atoms in total. The molecule has 0 aliphatic heterocycles. The molecular weight excluding hydrogens is 254 g/mol. The Balaban J connectivity index is 1.67. The molecule has 1 aliphatic carbocycles. The molecule has 1 amide bonds. The van der Waals surface area contributed by atoms with Gasteiger partial charge in [-0.25, -0.2) is 0 Å². The third kappa shape index (κ3) is 4.81. The Hall–Kier alpha value is -1.62. The minimum Gasteiger partial charge on any atom is -0.383 e. The van der Waals surface area contributed by atoms with Crippen LogP contribution in [0.15, 0.2) is 18.5 Å². The van der Waals surface area contributed by atoms with Gasteiger partial charge in [0.2, 0.25) is 0 Å². The smallest absolute Gasteiger partial charge is 0.253 e. The predicted molar refractivity (Wildman–Crippen MR) is 78.9 cm³/mol. The molecule has 1 aliphatic rings. The largest absolute Gasteiger partial charge is 0.383 e. The lowest BCUT2D eigenvalue weighted by Crippen LogP contribution is -2.26. The van der Waals surface area contributed by atoms with Gasteiger partial charge in [0.05, 0.1) is 17.4 Å². The highest BCUT2D eigenvalue weighted by Crippen LogP contribution is 2.28. The van der Waals surface area contributed by atoms with Crippen LogP contribution in [-0.2, 0) is 4.74 Å². The Kier molecular flexibility index (Phi) is 5.80. The standard InChI is InChI=1S/C15H23N3O2/c1-2-17-14-10-16-8-6-13(14)15(19)18-7-3-9-20-11-12-4-5-12/h6,8,10,12,17H,2-5,7,9,11H2,1H3,(H,18,19). The number of aromatic nitrogens is 1. The van der Waals surface area contributed by atoms with Gasteiger partial charge < -0.3 is 15.4 Å². The molecular formula is C15H23N3O2. The van der Waals surface area contributed by atoms with Crippen LogP contribution in [0.25, 0.3) is 0 Å². The molecule has 2 rings (SSSR count). The summed E-state index contributed by atoms with van der Waals surface area (Å²) in [6, 6.07) is 1.73. The summed E-state index contributed by atoms with van der Waals surface area (Å²) in [7, 11) is 0. The lowest BCUT2D eigenvalue weighted by Gasteiger charge is -2.10. The average molecular weight is 277 g/mol. The van der Waals surface area contributed by atoms with Crippen molar-refractivity contribution in [2.45, 2.75) is 26.2 Å². The zero-order valence-corrected chi connectivity index (χ0v) is 12.0. The molecule has 0 unspecified atom stereocenters. The van der Waals surface area contributed by atoms with Crippen LogP contribution in [0.4, 0.5) is 5.69 Å². The number of carbonyl (C=O) groups is 1. The van der Waals surface area contributed by atoms with Crippen LogP contribution in [0.3, 0.4) is 0 Å². The molecule has 1 aromatic heterocycles. The van der Waals surface area contributed by atoms with Crippen LogP contribution in [-0.4, -0.2) is 37.2 Å². The minimum atomic E-state index is -0.0643. The minimum absolute atomic E-state index is 0.0643. The molecule has 0 bridgehead atoms. The van der Waals surface area contributed by atoms with E-state index in [9.17, 15) is 4.79 Å². The second-order valence-electron chi connectivity index (χ2n) is 5.08. The molecule has 0 saturated heterocycles. The lowest BCUT2D eigenvalue weighted by molar-refractivity contribution is 0.0938. The van der Waals surface area contributed by atoms with Gasteiger partial charge in [0.15, 0.2) is 0 Å². The summed E-state index contributed by atoms with van der Waals surface area (Å²) in [5.74, 6) is 0.731. The summed E-state index contributed by atoms with van der Waals surface area (Å²) < 4.78 is 5.53. The van der Waals surface area contributed by atoms with Gasteiger partial charge in [-0.3, -0.25) is 9.78 Å². The van der Waals surface area contributed by atoms with Crippen molar-refractivity contribution in [3.8, 4) is 0 Å². The number of ether oxygens (including phenoxy) is 1. The maximum Gasteiger partial charge on any atom is 0.253 e. The maximum absolute atomic E-state index is 12.1. The molecule has 1 fully saturated rings. The predicted octanol–water partition coefficient (Wildman–Crippen LogP) is 2.06. The van der Waals surface area contributed by atoms with Crippen LogP contribution < -0.4 is 10.6 Å². The first-order valence-corrected chi connectivity index (χ1v) is 7.35. The Morgan fingerprint density at radius 2 is 2.35 bits per heavy atom. The lowest BCUT2D eigenvalue weighted by atomic mass is 10.2. The van der Waals surface area contributed by atoms with Crippen LogP contribution in [0, 0.1) is 5.92 Å². The molecule has 0 aromatic carbocycles. The Labute approximate surface area is 120 Å². The number of nitrogens with one attached hydrogen (secondary N) is 2. The number of rotatable bonds is 9. The van der Waals surface area contributed by atoms with E-state index in [4.69, 9.17) is 4.74 Å². The van der Waals surface area contributed by atoms with Crippen molar-refractivity contribution in [1.29, 1.82) is 0 Å². The molecule has 5 heteroatoms. The zero-order valence-electron chi connectivity index (χ0n) is 12.0. The summed E-state index contributed by atoms with van der Waals surface area (Å²) >= 11 is 0. The van der Waals surface area contributed by atoms with Gasteiger partial charge >= 0.3 is 0 Å². The molecule has 0 radical (unpaired) electrons. The van der Waals surface area contributed by atoms with Crippen molar-refractivity contribution in [2.24, 2.45) is 5.92 Å². The van der Waals surface area contributed by atoms with Crippen molar-refractivity contribution in [3.63, 3.8) is 0 Å². The van der Waals surface area contributed by atoms with Gasteiger partial charge in [-0.15, -0.1) is 0 Å². The van der Waals surface area contributed by atoms with Crippen LogP contribution in [0.2, 0.25) is 0 Å². The van der Waals surface area contributed by atoms with E-state index in [-0.39, 0.29) is 5.91 Å². The summed E-state index contributed by atoms with van der Waals surface area (Å²) in [5, 5.41) is 6.05. The first-order valence-electron chi connectivity index (χ1n) is 7.35. The highest BCUT2D eigenvalue weighted by molar-refractivity contribution is 5.99. The van der Waals surface area contributed by atoms with Crippen molar-refractivity contribution in [1.82, 2.24) is 10.3 Å². The molecule has 20 heavy (non-hydrogen) atoms. The molecule has 2 N–H and O–H groups in total. The third-order valence-electron chi connectivity index (χ3n) is 3.23. The van der Waals surface area contributed by atoms with Crippen LogP contribution in [0.5, 0.6) is 0 Å². The quantitative estimate of drug-likeness (QED) is 0.678. The third-order valence-corrected chi connectivity index (χ3v) is 3.23. The molecule has 1 saturated carbocycles. The fraction of sp³-hybridized carbons (Fsp3) is 0.600. The van der Waals surface area contributed by atoms with Gasteiger partial charge in [-0.1, -0.05) is 0 Å². The van der Waals surface area contributed by atoms with Crippen molar-refractivity contribution in [3.05, 3.63) is 24.0 Å². The fourth-order valence-electron chi connectivity index (χ4n) is 1.93. The van der Waals surface area contributed by atoms with E-state index < -0.39 is 0 Å². The number of carbonyl (C=O) groups excluding carboxylic acids is 1. The Morgan fingerprint density at radius 3 is 3.10 bits per heavy atom. The van der Waals surface area contributed by atoms with Gasteiger partial charge in [-0.05, 0) is 38.2 Å². The Morgan fingerprint density at radius 1 is 1.50 bits per heavy atom. The number of nitrogens with zero attached hydrogens (tertiary/aromatic N) is 1. The maximum atomic E-state index is 12.1. The number of amides is 1. The molecule has 0 spiro atoms. The number of hydrogen-bond donors (Lipinski definition) is 2. The van der Waals surface area contributed by atoms with E-state index in [0.717, 1.165) is 31.2 Å². The zero-order chi connectivity index (χ0) is 14.2. The van der Waals surface area contributed by atoms with Crippen molar-refractivity contribution >= 4 is 11.6 Å². The second-order valence-corrected chi connectivity index (χ2v) is 5.08. The first-order chi connectivity index (χ1) is 9.81. The van der Waals surface area contributed by atoms with E-state index >= 15 is 0 Å². The fourth-order valence-corrected chi connectivity index (χ4v) is 1.93. The molecule has 110 valence electrons. The van der Waals surface area contributed by atoms with Crippen LogP contribution >= 0.6 is 0 Å². The number of pyridine rings is 1. The summed E-state index contributed by atoms with van der Waals surface area (Å²) in [6.45, 7) is 4.99. The first kappa shape index (κ1) is 14.8. The van der Waals surface area contributed by atoms with Crippen molar-refractivity contribution in [2.75, 3.05) is 31.6 Å². The van der Waals surface area contributed by atoms with E-state index in [2.05, 4.69) is 15.6 Å². The topological polar surface area (TPSA) is 63.2 Å². The van der Waals surface area contributed by atoms with Gasteiger partial charge in [0.1, 0.15) is 0 Å². The van der Waals surface area contributed by atoms with Gasteiger partial charge in [-0.2, -0.15) is 0 Å². The SMILES string of the molecule is CCNc1cnccc1C(=O)NCCCOCC1CC1. The second kappa shape index (κ2) is 7.85. The van der Waals surface area contributed by atoms with E-state index in [1.165, 1.54) is 12.8 Å². The normalized spacial score (nSPS) is 14.1. The number of hydrogen-bond acceptors (Lipinski definition) is 4. The molecule has 1 aromatic rings. The molecule has 1 heterocycles. The Bertz CT molecular complexity index is 433. The van der Waals surface area contributed by atoms with E-state index in [1.807, 2.05) is 6.92 Å². The summed E-state index contributed by atoms with van der Waals surface area (Å²) in [5.41, 5.74) is 1.42. The highest BCUT2D eigenvalue weighted by Gasteiger charge is 2.20. The average Bonchev–Trinajstić information content (AvgIpc) is 3.27. The monoisotopic (exact) mass is 277 g/mol.